The van der Waals surface area contributed by atoms with Gasteiger partial charge in [-0.25, -0.2) is 0 Å². The van der Waals surface area contributed by atoms with Gasteiger partial charge in [-0.3, -0.25) is 9.59 Å². The van der Waals surface area contributed by atoms with Gasteiger partial charge in [-0.15, -0.1) is 0 Å². The number of nitrogens with zero attached hydrogens (tertiary/aromatic N) is 1. The molecule has 0 aromatic rings. The lowest BCUT2D eigenvalue weighted by atomic mass is 9.99. The molecule has 0 bridgehead atoms. The summed E-state index contributed by atoms with van der Waals surface area (Å²) in [6.45, 7) is 6.01. The van der Waals surface area contributed by atoms with Crippen molar-refractivity contribution < 1.29 is 14.7 Å². The number of carbonyl (C=O) groups excluding carboxylic acids is 1. The number of rotatable bonds is 5. The molecule has 2 atom stereocenters. The molecule has 0 aromatic heterocycles. The second-order valence-electron chi connectivity index (χ2n) is 5.60. The number of amides is 1. The molecule has 1 heterocycles. The first kappa shape index (κ1) is 13.3. The zero-order valence-corrected chi connectivity index (χ0v) is 10.9. The van der Waals surface area contributed by atoms with Crippen molar-refractivity contribution >= 4 is 11.9 Å². The highest BCUT2D eigenvalue weighted by molar-refractivity contribution is 5.89. The summed E-state index contributed by atoms with van der Waals surface area (Å²) in [7, 11) is 0. The monoisotopic (exact) mass is 254 g/mol. The van der Waals surface area contributed by atoms with E-state index < -0.39 is 11.9 Å². The minimum atomic E-state index is -0.847. The Kier molecular flexibility index (Phi) is 4.22. The van der Waals surface area contributed by atoms with Crippen molar-refractivity contribution in [3.05, 3.63) is 0 Å². The maximum atomic E-state index is 11.6. The molecule has 2 N–H and O–H groups in total. The molecule has 0 radical (unpaired) electrons. The molecule has 2 unspecified atom stereocenters. The van der Waals surface area contributed by atoms with Crippen LogP contribution in [0.5, 0.6) is 0 Å². The summed E-state index contributed by atoms with van der Waals surface area (Å²) in [6, 6.07) is 0. The van der Waals surface area contributed by atoms with Crippen LogP contribution in [0.25, 0.3) is 0 Å². The third kappa shape index (κ3) is 3.45. The number of carboxylic acid groups (broad SMARTS) is 1. The van der Waals surface area contributed by atoms with Crippen LogP contribution in [0.15, 0.2) is 0 Å². The van der Waals surface area contributed by atoms with Gasteiger partial charge < -0.3 is 15.3 Å². The Morgan fingerprint density at radius 2 is 1.94 bits per heavy atom. The van der Waals surface area contributed by atoms with Crippen LogP contribution in [-0.2, 0) is 9.59 Å². The molecule has 2 fully saturated rings. The van der Waals surface area contributed by atoms with Crippen LogP contribution in [0.4, 0.5) is 0 Å². The van der Waals surface area contributed by atoms with E-state index in [0.29, 0.717) is 13.0 Å². The molecular formula is C13H22N2O3. The van der Waals surface area contributed by atoms with E-state index in [1.54, 1.807) is 0 Å². The predicted octanol–water partition coefficient (Wildman–Crippen LogP) is 0.555. The average molecular weight is 254 g/mol. The topological polar surface area (TPSA) is 69.6 Å². The summed E-state index contributed by atoms with van der Waals surface area (Å²) in [5.41, 5.74) is 0. The van der Waals surface area contributed by atoms with Crippen LogP contribution < -0.4 is 5.32 Å². The van der Waals surface area contributed by atoms with Crippen LogP contribution in [0.2, 0.25) is 0 Å². The van der Waals surface area contributed by atoms with E-state index in [1.165, 1.54) is 12.8 Å². The zero-order chi connectivity index (χ0) is 13.1. The fourth-order valence-corrected chi connectivity index (χ4v) is 2.51. The number of hydrogen-bond acceptors (Lipinski definition) is 3. The number of nitrogens with one attached hydrogen (secondary N) is 1. The van der Waals surface area contributed by atoms with Crippen molar-refractivity contribution in [1.82, 2.24) is 10.2 Å². The average Bonchev–Trinajstić information content (AvgIpc) is 3.11. The molecule has 0 aromatic carbocycles. The Hall–Kier alpha value is -1.10. The predicted molar refractivity (Wildman–Crippen MR) is 67.1 cm³/mol. The van der Waals surface area contributed by atoms with Gasteiger partial charge in [-0.1, -0.05) is 6.92 Å². The summed E-state index contributed by atoms with van der Waals surface area (Å²) in [5, 5.41) is 11.6. The van der Waals surface area contributed by atoms with Crippen LogP contribution in [0, 0.1) is 17.8 Å². The van der Waals surface area contributed by atoms with Gasteiger partial charge in [-0.05, 0) is 38.3 Å². The van der Waals surface area contributed by atoms with E-state index in [2.05, 4.69) is 17.1 Å². The largest absolute Gasteiger partial charge is 0.481 e. The van der Waals surface area contributed by atoms with Gasteiger partial charge in [0, 0.05) is 13.1 Å². The lowest BCUT2D eigenvalue weighted by Gasteiger charge is -2.30. The van der Waals surface area contributed by atoms with Crippen LogP contribution in [0.3, 0.4) is 0 Å². The number of likely N-dealkylation sites (tertiary alicyclic amines) is 1. The standard InChI is InChI=1S/C13H22N2O3/c1-9-2-5-15(6-3-9)7-4-14-12(16)10-8-11(10)13(17)18/h9-11H,2-8H2,1H3,(H,14,16)(H,17,18). The van der Waals surface area contributed by atoms with Crippen molar-refractivity contribution in [2.45, 2.75) is 26.2 Å². The number of piperidine rings is 1. The van der Waals surface area contributed by atoms with E-state index in [1.807, 2.05) is 0 Å². The fraction of sp³-hybridized carbons (Fsp3) is 0.846. The van der Waals surface area contributed by atoms with E-state index >= 15 is 0 Å². The zero-order valence-electron chi connectivity index (χ0n) is 10.9. The van der Waals surface area contributed by atoms with Gasteiger partial charge in [-0.2, -0.15) is 0 Å². The lowest BCUT2D eigenvalue weighted by Crippen LogP contribution is -2.39. The van der Waals surface area contributed by atoms with Gasteiger partial charge >= 0.3 is 5.97 Å². The molecular weight excluding hydrogens is 232 g/mol. The smallest absolute Gasteiger partial charge is 0.307 e. The molecule has 1 saturated carbocycles. The van der Waals surface area contributed by atoms with Gasteiger partial charge in [0.25, 0.3) is 0 Å². The quantitative estimate of drug-likeness (QED) is 0.752. The summed E-state index contributed by atoms with van der Waals surface area (Å²) < 4.78 is 0. The Morgan fingerprint density at radius 1 is 1.28 bits per heavy atom. The SMILES string of the molecule is CC1CCN(CCNC(=O)C2CC2C(=O)O)CC1. The van der Waals surface area contributed by atoms with Crippen LogP contribution >= 0.6 is 0 Å². The minimum Gasteiger partial charge on any atom is -0.481 e. The molecule has 102 valence electrons. The molecule has 0 spiro atoms. The number of carbonyl (C=O) groups is 2. The first-order valence-corrected chi connectivity index (χ1v) is 6.81. The Labute approximate surface area is 108 Å². The Bertz CT molecular complexity index is 324. The molecule has 5 heteroatoms. The summed E-state index contributed by atoms with van der Waals surface area (Å²) >= 11 is 0. The number of hydrogen-bond donors (Lipinski definition) is 2. The van der Waals surface area contributed by atoms with Crippen LogP contribution in [-0.4, -0.2) is 48.1 Å². The van der Waals surface area contributed by atoms with E-state index in [9.17, 15) is 9.59 Å². The third-order valence-corrected chi connectivity index (χ3v) is 4.05. The van der Waals surface area contributed by atoms with E-state index in [-0.39, 0.29) is 11.8 Å². The lowest BCUT2D eigenvalue weighted by molar-refractivity contribution is -0.140. The molecule has 1 aliphatic carbocycles. The highest BCUT2D eigenvalue weighted by Gasteiger charge is 2.48. The van der Waals surface area contributed by atoms with Crippen molar-refractivity contribution in [2.24, 2.45) is 17.8 Å². The highest BCUT2D eigenvalue weighted by atomic mass is 16.4. The van der Waals surface area contributed by atoms with Crippen molar-refractivity contribution in [3.63, 3.8) is 0 Å². The molecule has 1 amide bonds. The molecule has 2 aliphatic rings. The van der Waals surface area contributed by atoms with Gasteiger partial charge in [0.1, 0.15) is 0 Å². The second-order valence-corrected chi connectivity index (χ2v) is 5.60. The van der Waals surface area contributed by atoms with Crippen molar-refractivity contribution in [3.8, 4) is 0 Å². The maximum Gasteiger partial charge on any atom is 0.307 e. The minimum absolute atomic E-state index is 0.0900. The van der Waals surface area contributed by atoms with Crippen molar-refractivity contribution in [1.29, 1.82) is 0 Å². The van der Waals surface area contributed by atoms with Crippen molar-refractivity contribution in [2.75, 3.05) is 26.2 Å². The van der Waals surface area contributed by atoms with E-state index in [4.69, 9.17) is 5.11 Å². The normalized spacial score (nSPS) is 28.9. The molecule has 5 nitrogen and oxygen atoms in total. The number of carboxylic acids is 1. The molecule has 1 aliphatic heterocycles. The fourth-order valence-electron chi connectivity index (χ4n) is 2.51. The maximum absolute atomic E-state index is 11.6. The first-order chi connectivity index (χ1) is 8.58. The molecule has 2 rings (SSSR count). The van der Waals surface area contributed by atoms with Gasteiger partial charge in [0.2, 0.25) is 5.91 Å². The van der Waals surface area contributed by atoms with Crippen LogP contribution in [0.1, 0.15) is 26.2 Å². The van der Waals surface area contributed by atoms with E-state index in [0.717, 1.165) is 25.6 Å². The summed E-state index contributed by atoms with van der Waals surface area (Å²) in [4.78, 5) is 24.6. The Morgan fingerprint density at radius 3 is 2.50 bits per heavy atom. The summed E-state index contributed by atoms with van der Waals surface area (Å²) in [6.07, 6.45) is 2.97. The second kappa shape index (κ2) is 5.69. The highest BCUT2D eigenvalue weighted by Crippen LogP contribution is 2.38. The molecule has 18 heavy (non-hydrogen) atoms. The third-order valence-electron chi connectivity index (χ3n) is 4.05. The van der Waals surface area contributed by atoms with Gasteiger partial charge in [0.15, 0.2) is 0 Å². The van der Waals surface area contributed by atoms with Gasteiger partial charge in [0.05, 0.1) is 11.8 Å². The number of aliphatic carboxylic acids is 1. The molecule has 1 saturated heterocycles. The first-order valence-electron chi connectivity index (χ1n) is 6.81. The summed E-state index contributed by atoms with van der Waals surface area (Å²) in [5.74, 6) is -0.851. The Balaban J connectivity index is 1.58.